The van der Waals surface area contributed by atoms with Crippen LogP contribution in [0.2, 0.25) is 5.02 Å². The summed E-state index contributed by atoms with van der Waals surface area (Å²) in [4.78, 5) is 27.2. The lowest BCUT2D eigenvalue weighted by molar-refractivity contribution is -0.139. The lowest BCUT2D eigenvalue weighted by atomic mass is 9.79. The highest BCUT2D eigenvalue weighted by atomic mass is 35.5. The van der Waals surface area contributed by atoms with E-state index in [2.05, 4.69) is 84.0 Å². The van der Waals surface area contributed by atoms with Crippen molar-refractivity contribution in [2.75, 3.05) is 25.0 Å². The number of piperidine rings is 2. The van der Waals surface area contributed by atoms with Crippen molar-refractivity contribution >= 4 is 29.1 Å². The van der Waals surface area contributed by atoms with Gasteiger partial charge in [-0.2, -0.15) is 5.10 Å². The Morgan fingerprint density at radius 1 is 1.05 bits per heavy atom. The summed E-state index contributed by atoms with van der Waals surface area (Å²) in [6.45, 7) is 17.6. The second-order valence-electron chi connectivity index (χ2n) is 13.6. The summed E-state index contributed by atoms with van der Waals surface area (Å²) in [5, 5.41) is 10.8. The summed E-state index contributed by atoms with van der Waals surface area (Å²) in [7, 11) is 0. The SMILES string of the molecule is Cc1cc(Nc2nc(Cc3cc(C)c(C4CCN(C(=O)CN5C(C)(C)CCCC5(C)C)CC4)cc3C)ncc2Cl)n[nH]1. The van der Waals surface area contributed by atoms with Gasteiger partial charge in [-0.15, -0.1) is 0 Å². The summed E-state index contributed by atoms with van der Waals surface area (Å²) < 4.78 is 0. The Bertz CT molecular complexity index is 1420. The molecule has 226 valence electrons. The molecule has 2 saturated heterocycles. The molecule has 2 fully saturated rings. The quantitative estimate of drug-likeness (QED) is 0.312. The number of amides is 1. The van der Waals surface area contributed by atoms with Crippen LogP contribution in [0.3, 0.4) is 0 Å². The molecule has 0 unspecified atom stereocenters. The number of likely N-dealkylation sites (tertiary alicyclic amines) is 2. The zero-order valence-corrected chi connectivity index (χ0v) is 27.0. The minimum absolute atomic E-state index is 0.0555. The predicted molar refractivity (Wildman–Crippen MR) is 170 cm³/mol. The van der Waals surface area contributed by atoms with E-state index in [0.29, 0.717) is 41.4 Å². The Morgan fingerprint density at radius 2 is 1.74 bits per heavy atom. The van der Waals surface area contributed by atoms with E-state index in [1.165, 1.54) is 28.7 Å². The minimum atomic E-state index is 0.0555. The Labute approximate surface area is 255 Å². The molecule has 2 aliphatic rings. The number of carbonyl (C=O) groups excluding carboxylic acids is 1. The summed E-state index contributed by atoms with van der Waals surface area (Å²) >= 11 is 6.37. The molecule has 0 spiro atoms. The number of H-pyrrole nitrogens is 1. The number of aromatic nitrogens is 4. The number of carbonyl (C=O) groups is 1. The first kappa shape index (κ1) is 30.5. The average molecular weight is 592 g/mol. The Kier molecular flexibility index (Phi) is 8.68. The molecule has 42 heavy (non-hydrogen) atoms. The second kappa shape index (κ2) is 12.0. The maximum Gasteiger partial charge on any atom is 0.236 e. The van der Waals surface area contributed by atoms with Gasteiger partial charge in [-0.3, -0.25) is 14.8 Å². The van der Waals surface area contributed by atoms with Crippen molar-refractivity contribution in [1.82, 2.24) is 30.0 Å². The molecule has 5 rings (SSSR count). The molecule has 3 aromatic rings. The number of aryl methyl sites for hydroxylation is 3. The van der Waals surface area contributed by atoms with E-state index in [-0.39, 0.29) is 17.0 Å². The summed E-state index contributed by atoms with van der Waals surface area (Å²) in [5.74, 6) is 2.66. The molecule has 1 amide bonds. The van der Waals surface area contributed by atoms with Crippen molar-refractivity contribution in [1.29, 1.82) is 0 Å². The van der Waals surface area contributed by atoms with Crippen LogP contribution < -0.4 is 5.32 Å². The van der Waals surface area contributed by atoms with E-state index in [1.54, 1.807) is 6.20 Å². The molecular weight excluding hydrogens is 546 g/mol. The number of anilines is 2. The molecule has 2 aliphatic heterocycles. The number of rotatable bonds is 7. The van der Waals surface area contributed by atoms with E-state index >= 15 is 0 Å². The van der Waals surface area contributed by atoms with Gasteiger partial charge in [0.1, 0.15) is 10.8 Å². The number of halogens is 1. The molecular formula is C33H46ClN7O. The number of nitrogens with one attached hydrogen (secondary N) is 2. The van der Waals surface area contributed by atoms with Crippen LogP contribution in [0, 0.1) is 20.8 Å². The van der Waals surface area contributed by atoms with Crippen LogP contribution >= 0.6 is 11.6 Å². The molecule has 4 heterocycles. The monoisotopic (exact) mass is 591 g/mol. The molecule has 0 atom stereocenters. The van der Waals surface area contributed by atoms with Crippen molar-refractivity contribution in [2.24, 2.45) is 0 Å². The van der Waals surface area contributed by atoms with Crippen molar-refractivity contribution in [3.63, 3.8) is 0 Å². The van der Waals surface area contributed by atoms with E-state index in [4.69, 9.17) is 16.6 Å². The maximum atomic E-state index is 13.4. The normalized spacial score (nSPS) is 19.2. The van der Waals surface area contributed by atoms with Gasteiger partial charge in [0, 0.05) is 42.3 Å². The van der Waals surface area contributed by atoms with Crippen molar-refractivity contribution in [3.05, 3.63) is 63.2 Å². The highest BCUT2D eigenvalue weighted by Crippen LogP contribution is 2.38. The van der Waals surface area contributed by atoms with E-state index in [0.717, 1.165) is 44.5 Å². The van der Waals surface area contributed by atoms with Gasteiger partial charge in [0.15, 0.2) is 11.6 Å². The third-order valence-electron chi connectivity index (χ3n) is 9.44. The van der Waals surface area contributed by atoms with Crippen LogP contribution in [0.15, 0.2) is 24.4 Å². The highest BCUT2D eigenvalue weighted by Gasteiger charge is 2.42. The number of nitrogens with zero attached hydrogens (tertiary/aromatic N) is 5. The Balaban J connectivity index is 1.22. The van der Waals surface area contributed by atoms with Gasteiger partial charge in [0.05, 0.1) is 12.7 Å². The molecule has 0 radical (unpaired) electrons. The molecule has 9 heteroatoms. The topological polar surface area (TPSA) is 90.0 Å². The molecule has 0 saturated carbocycles. The molecule has 2 aromatic heterocycles. The Hall–Kier alpha value is -2.97. The van der Waals surface area contributed by atoms with Crippen LogP contribution in [0.1, 0.15) is 99.5 Å². The van der Waals surface area contributed by atoms with Gasteiger partial charge in [-0.1, -0.05) is 23.7 Å². The maximum absolute atomic E-state index is 13.4. The zero-order chi connectivity index (χ0) is 30.2. The van der Waals surface area contributed by atoms with Crippen LogP contribution in [0.25, 0.3) is 0 Å². The van der Waals surface area contributed by atoms with E-state index in [1.807, 2.05) is 13.0 Å². The van der Waals surface area contributed by atoms with Gasteiger partial charge in [-0.05, 0) is 109 Å². The standard InChI is InChI=1S/C33H46ClN7O/c1-21-16-26(24-9-13-40(14-10-24)30(42)20-41-32(4,5)11-8-12-33(41,6)7)22(2)15-25(21)18-28-35-19-27(34)31(36-28)37-29-17-23(3)38-39-29/h15-17,19,24H,8-14,18,20H2,1-7H3,(H2,35,36,37,38,39). The van der Waals surface area contributed by atoms with Gasteiger partial charge >= 0.3 is 0 Å². The second-order valence-corrected chi connectivity index (χ2v) is 14.0. The fourth-order valence-electron chi connectivity index (χ4n) is 7.02. The van der Waals surface area contributed by atoms with Crippen LogP contribution in [0.5, 0.6) is 0 Å². The van der Waals surface area contributed by atoms with Crippen molar-refractivity contribution in [3.8, 4) is 0 Å². The smallest absolute Gasteiger partial charge is 0.236 e. The van der Waals surface area contributed by atoms with E-state index in [9.17, 15) is 4.79 Å². The average Bonchev–Trinajstić information content (AvgIpc) is 3.34. The van der Waals surface area contributed by atoms with Crippen LogP contribution in [-0.2, 0) is 11.2 Å². The van der Waals surface area contributed by atoms with Gasteiger partial charge in [0.25, 0.3) is 0 Å². The largest absolute Gasteiger partial charge is 0.342 e. The zero-order valence-electron chi connectivity index (χ0n) is 26.3. The predicted octanol–water partition coefficient (Wildman–Crippen LogP) is 6.86. The summed E-state index contributed by atoms with van der Waals surface area (Å²) in [6.07, 6.45) is 7.78. The first-order chi connectivity index (χ1) is 19.8. The highest BCUT2D eigenvalue weighted by molar-refractivity contribution is 6.32. The van der Waals surface area contributed by atoms with Gasteiger partial charge < -0.3 is 10.2 Å². The Morgan fingerprint density at radius 3 is 2.38 bits per heavy atom. The fourth-order valence-corrected chi connectivity index (χ4v) is 7.16. The van der Waals surface area contributed by atoms with Crippen molar-refractivity contribution in [2.45, 2.75) is 104 Å². The lowest BCUT2D eigenvalue weighted by Gasteiger charge is -2.53. The first-order valence-corrected chi connectivity index (χ1v) is 15.7. The third-order valence-corrected chi connectivity index (χ3v) is 9.72. The molecule has 8 nitrogen and oxygen atoms in total. The molecule has 2 N–H and O–H groups in total. The molecule has 1 aromatic carbocycles. The number of hydrogen-bond donors (Lipinski definition) is 2. The number of benzene rings is 1. The first-order valence-electron chi connectivity index (χ1n) is 15.3. The number of hydrogen-bond acceptors (Lipinski definition) is 6. The van der Waals surface area contributed by atoms with Crippen LogP contribution in [0.4, 0.5) is 11.6 Å². The third kappa shape index (κ3) is 6.65. The van der Waals surface area contributed by atoms with Crippen LogP contribution in [-0.4, -0.2) is 66.6 Å². The van der Waals surface area contributed by atoms with E-state index < -0.39 is 0 Å². The van der Waals surface area contributed by atoms with Crippen molar-refractivity contribution < 1.29 is 4.79 Å². The molecule has 0 bridgehead atoms. The molecule has 0 aliphatic carbocycles. The summed E-state index contributed by atoms with van der Waals surface area (Å²) in [6, 6.07) is 6.53. The lowest BCUT2D eigenvalue weighted by Crippen LogP contribution is -2.61. The number of aromatic amines is 1. The fraction of sp³-hybridized carbons (Fsp3) is 0.576. The van der Waals surface area contributed by atoms with Gasteiger partial charge in [-0.25, -0.2) is 9.97 Å². The minimum Gasteiger partial charge on any atom is -0.342 e. The van der Waals surface area contributed by atoms with Gasteiger partial charge in [0.2, 0.25) is 5.91 Å². The summed E-state index contributed by atoms with van der Waals surface area (Å²) in [5.41, 5.74) is 6.20.